The summed E-state index contributed by atoms with van der Waals surface area (Å²) < 4.78 is 6.76. The first-order valence-corrected chi connectivity index (χ1v) is 9.63. The van der Waals surface area contributed by atoms with E-state index < -0.39 is 0 Å². The predicted molar refractivity (Wildman–Crippen MR) is 115 cm³/mol. The molecule has 0 fully saturated rings. The van der Waals surface area contributed by atoms with Crippen molar-refractivity contribution < 1.29 is 4.74 Å². The van der Waals surface area contributed by atoms with Crippen molar-refractivity contribution >= 4 is 23.0 Å². The van der Waals surface area contributed by atoms with Gasteiger partial charge in [-0.05, 0) is 62.2 Å². The summed E-state index contributed by atoms with van der Waals surface area (Å²) >= 11 is 6.21. The molecule has 28 heavy (non-hydrogen) atoms. The van der Waals surface area contributed by atoms with Gasteiger partial charge in [-0.15, -0.1) is 0 Å². The third-order valence-corrected chi connectivity index (χ3v) is 5.09. The third-order valence-electron chi connectivity index (χ3n) is 4.69. The van der Waals surface area contributed by atoms with Crippen LogP contribution in [-0.2, 0) is 6.42 Å². The lowest BCUT2D eigenvalue weighted by Crippen LogP contribution is -2.19. The third kappa shape index (κ3) is 3.90. The molecule has 0 aliphatic heterocycles. The minimum atomic E-state index is -0.116. The van der Waals surface area contributed by atoms with Crippen LogP contribution >= 0.6 is 11.6 Å². The van der Waals surface area contributed by atoms with Crippen LogP contribution in [0.15, 0.2) is 52.3 Å². The molecule has 0 bridgehead atoms. The standard InChI is InChI=1S/C22H24ClN3O2/c1-5-7-20-21(15(3)24-19-9-6-8-18(23)14(19)2)22(27)26(25-20)16-10-12-17(28-4)13-11-16/h6,8-13,25H,5,7H2,1-4H3. The fraction of sp³-hybridized carbons (Fsp3) is 0.273. The van der Waals surface area contributed by atoms with Crippen LogP contribution in [0.4, 0.5) is 5.69 Å². The van der Waals surface area contributed by atoms with Gasteiger partial charge in [-0.25, -0.2) is 4.68 Å². The van der Waals surface area contributed by atoms with Crippen molar-refractivity contribution in [1.82, 2.24) is 9.78 Å². The molecular formula is C22H24ClN3O2. The van der Waals surface area contributed by atoms with Crippen LogP contribution in [0.1, 0.15) is 37.1 Å². The molecule has 0 aliphatic rings. The lowest BCUT2D eigenvalue weighted by atomic mass is 10.1. The minimum absolute atomic E-state index is 0.116. The number of aromatic amines is 1. The fourth-order valence-corrected chi connectivity index (χ4v) is 3.32. The lowest BCUT2D eigenvalue weighted by Gasteiger charge is -2.05. The van der Waals surface area contributed by atoms with Gasteiger partial charge in [0.1, 0.15) is 5.75 Å². The average Bonchev–Trinajstić information content (AvgIpc) is 3.02. The first-order valence-electron chi connectivity index (χ1n) is 9.25. The van der Waals surface area contributed by atoms with Crippen LogP contribution in [-0.4, -0.2) is 22.6 Å². The molecule has 0 radical (unpaired) electrons. The molecule has 0 unspecified atom stereocenters. The molecule has 1 heterocycles. The molecule has 146 valence electrons. The Hall–Kier alpha value is -2.79. The molecule has 0 amide bonds. The second-order valence-electron chi connectivity index (χ2n) is 6.64. The number of aryl methyl sites for hydroxylation is 1. The average molecular weight is 398 g/mol. The summed E-state index contributed by atoms with van der Waals surface area (Å²) in [6, 6.07) is 13.0. The van der Waals surface area contributed by atoms with E-state index in [-0.39, 0.29) is 5.56 Å². The number of nitrogens with zero attached hydrogens (tertiary/aromatic N) is 2. The molecule has 0 saturated heterocycles. The van der Waals surface area contributed by atoms with E-state index in [0.29, 0.717) is 16.3 Å². The smallest absolute Gasteiger partial charge is 0.280 e. The Kier molecular flexibility index (Phi) is 6.05. The number of rotatable bonds is 6. The molecule has 6 heteroatoms. The van der Waals surface area contributed by atoms with Gasteiger partial charge in [-0.1, -0.05) is 31.0 Å². The van der Waals surface area contributed by atoms with Crippen molar-refractivity contribution in [3.8, 4) is 11.4 Å². The van der Waals surface area contributed by atoms with Crippen molar-refractivity contribution in [2.75, 3.05) is 7.11 Å². The van der Waals surface area contributed by atoms with Crippen molar-refractivity contribution in [3.05, 3.63) is 74.7 Å². The normalized spacial score (nSPS) is 11.7. The van der Waals surface area contributed by atoms with E-state index in [1.165, 1.54) is 0 Å². The second kappa shape index (κ2) is 8.48. The number of H-pyrrole nitrogens is 1. The summed E-state index contributed by atoms with van der Waals surface area (Å²) in [5.41, 5.74) is 4.45. The number of halogens is 1. The van der Waals surface area contributed by atoms with Crippen molar-refractivity contribution in [1.29, 1.82) is 0 Å². The zero-order valence-corrected chi connectivity index (χ0v) is 17.3. The minimum Gasteiger partial charge on any atom is -0.497 e. The van der Waals surface area contributed by atoms with Crippen LogP contribution in [0.2, 0.25) is 5.02 Å². The number of methoxy groups -OCH3 is 1. The van der Waals surface area contributed by atoms with Gasteiger partial charge in [0.15, 0.2) is 0 Å². The molecule has 0 atom stereocenters. The first kappa shape index (κ1) is 20.0. The van der Waals surface area contributed by atoms with E-state index in [1.54, 1.807) is 11.8 Å². The molecule has 1 N–H and O–H groups in total. The number of hydrogen-bond acceptors (Lipinski definition) is 3. The van der Waals surface area contributed by atoms with Gasteiger partial charge in [0.2, 0.25) is 0 Å². The van der Waals surface area contributed by atoms with Crippen molar-refractivity contribution in [2.45, 2.75) is 33.6 Å². The highest BCUT2D eigenvalue weighted by Crippen LogP contribution is 2.26. The number of ether oxygens (including phenoxy) is 1. The largest absolute Gasteiger partial charge is 0.497 e. The molecule has 3 rings (SSSR count). The van der Waals surface area contributed by atoms with Gasteiger partial charge in [0.25, 0.3) is 5.56 Å². The Morgan fingerprint density at radius 2 is 1.93 bits per heavy atom. The number of aromatic nitrogens is 2. The first-order chi connectivity index (χ1) is 13.5. The topological polar surface area (TPSA) is 59.4 Å². The van der Waals surface area contributed by atoms with Crippen LogP contribution in [0.3, 0.4) is 0 Å². The Morgan fingerprint density at radius 3 is 2.57 bits per heavy atom. The highest BCUT2D eigenvalue weighted by Gasteiger charge is 2.18. The Morgan fingerprint density at radius 1 is 1.21 bits per heavy atom. The Bertz CT molecular complexity index is 1060. The quantitative estimate of drug-likeness (QED) is 0.579. The molecule has 0 aliphatic carbocycles. The zero-order chi connectivity index (χ0) is 20.3. The van der Waals surface area contributed by atoms with Gasteiger partial charge in [-0.2, -0.15) is 0 Å². The van der Waals surface area contributed by atoms with Crippen LogP contribution in [0.5, 0.6) is 5.75 Å². The number of aliphatic imine (C=N–C) groups is 1. The monoisotopic (exact) mass is 397 g/mol. The van der Waals surface area contributed by atoms with E-state index in [9.17, 15) is 4.79 Å². The molecule has 5 nitrogen and oxygen atoms in total. The SMILES string of the molecule is CCCc1[nH]n(-c2ccc(OC)cc2)c(=O)c1C(C)=Nc1cccc(Cl)c1C. The summed E-state index contributed by atoms with van der Waals surface area (Å²) in [6.45, 7) is 5.87. The summed E-state index contributed by atoms with van der Waals surface area (Å²) in [7, 11) is 1.62. The van der Waals surface area contributed by atoms with Crippen molar-refractivity contribution in [3.63, 3.8) is 0 Å². The maximum absolute atomic E-state index is 13.2. The van der Waals surface area contributed by atoms with E-state index >= 15 is 0 Å². The number of nitrogens with one attached hydrogen (secondary N) is 1. The Balaban J connectivity index is 2.11. The zero-order valence-electron chi connectivity index (χ0n) is 16.5. The van der Waals surface area contributed by atoms with E-state index in [0.717, 1.165) is 41.2 Å². The van der Waals surface area contributed by atoms with E-state index in [4.69, 9.17) is 21.3 Å². The predicted octanol–water partition coefficient (Wildman–Crippen LogP) is 5.23. The molecule has 2 aromatic carbocycles. The maximum Gasteiger partial charge on any atom is 0.280 e. The highest BCUT2D eigenvalue weighted by molar-refractivity contribution is 6.31. The summed E-state index contributed by atoms with van der Waals surface area (Å²) in [5, 5.41) is 3.91. The summed E-state index contributed by atoms with van der Waals surface area (Å²) in [5.74, 6) is 0.742. The molecule has 3 aromatic rings. The van der Waals surface area contributed by atoms with Gasteiger partial charge in [0.05, 0.1) is 29.8 Å². The number of benzene rings is 2. The maximum atomic E-state index is 13.2. The van der Waals surface area contributed by atoms with Gasteiger partial charge < -0.3 is 4.74 Å². The molecule has 0 saturated carbocycles. The highest BCUT2D eigenvalue weighted by atomic mass is 35.5. The van der Waals surface area contributed by atoms with Gasteiger partial charge in [-0.3, -0.25) is 14.9 Å². The van der Waals surface area contributed by atoms with Crippen LogP contribution in [0, 0.1) is 6.92 Å². The molecule has 1 aromatic heterocycles. The Labute approximate surface area is 169 Å². The summed E-state index contributed by atoms with van der Waals surface area (Å²) in [4.78, 5) is 17.9. The fourth-order valence-electron chi connectivity index (χ4n) is 3.15. The van der Waals surface area contributed by atoms with Crippen LogP contribution in [0.25, 0.3) is 5.69 Å². The van der Waals surface area contributed by atoms with Crippen LogP contribution < -0.4 is 10.3 Å². The molecular weight excluding hydrogens is 374 g/mol. The lowest BCUT2D eigenvalue weighted by molar-refractivity contribution is 0.414. The van der Waals surface area contributed by atoms with Gasteiger partial charge >= 0.3 is 0 Å². The van der Waals surface area contributed by atoms with E-state index in [2.05, 4.69) is 12.0 Å². The van der Waals surface area contributed by atoms with E-state index in [1.807, 2.05) is 56.3 Å². The summed E-state index contributed by atoms with van der Waals surface area (Å²) in [6.07, 6.45) is 1.67. The second-order valence-corrected chi connectivity index (χ2v) is 7.04. The number of hydrogen-bond donors (Lipinski definition) is 1. The van der Waals surface area contributed by atoms with Crippen molar-refractivity contribution in [2.24, 2.45) is 4.99 Å². The molecule has 0 spiro atoms. The van der Waals surface area contributed by atoms with Gasteiger partial charge in [0, 0.05) is 10.7 Å².